The van der Waals surface area contributed by atoms with Crippen LogP contribution in [0.5, 0.6) is 11.5 Å². The topological polar surface area (TPSA) is 77.8 Å². The Morgan fingerprint density at radius 3 is 1.37 bits per heavy atom. The van der Waals surface area contributed by atoms with Crippen molar-refractivity contribution in [3.63, 3.8) is 0 Å². The third-order valence-electron chi connectivity index (χ3n) is 5.39. The molecule has 0 amide bonds. The minimum Gasteiger partial charge on any atom is -0.508 e. The standard InChI is InChI=1S/C24H32O4.C2H4/c1-22(2,3)17-12-15(8-10-19(17)25)24(7,14-21(27)28)16-9-11-20(26)18(13-16)23(4,5)6;1-2/h8-13,25-26H,14H2,1-7H3,(H,27,28);1-2H2. The Hall–Kier alpha value is -2.75. The van der Waals surface area contributed by atoms with E-state index >= 15 is 0 Å². The Balaban J connectivity index is 0.00000218. The molecule has 0 fully saturated rings. The summed E-state index contributed by atoms with van der Waals surface area (Å²) in [7, 11) is 0. The number of benzene rings is 2. The van der Waals surface area contributed by atoms with Crippen LogP contribution < -0.4 is 0 Å². The number of carboxylic acid groups (broad SMARTS) is 1. The van der Waals surface area contributed by atoms with Gasteiger partial charge in [-0.2, -0.15) is 0 Å². The Labute approximate surface area is 180 Å². The maximum absolute atomic E-state index is 11.8. The summed E-state index contributed by atoms with van der Waals surface area (Å²) in [4.78, 5) is 11.8. The van der Waals surface area contributed by atoms with Gasteiger partial charge in [-0.3, -0.25) is 4.79 Å². The second-order valence-electron chi connectivity index (χ2n) is 9.87. The molecule has 2 aromatic carbocycles. The highest BCUT2D eigenvalue weighted by molar-refractivity contribution is 5.71. The third-order valence-corrected chi connectivity index (χ3v) is 5.39. The van der Waals surface area contributed by atoms with E-state index in [0.717, 1.165) is 22.3 Å². The van der Waals surface area contributed by atoms with E-state index in [0.29, 0.717) is 0 Å². The Morgan fingerprint density at radius 2 is 1.10 bits per heavy atom. The van der Waals surface area contributed by atoms with E-state index in [2.05, 4.69) is 13.2 Å². The van der Waals surface area contributed by atoms with E-state index in [1.807, 2.05) is 60.6 Å². The quantitative estimate of drug-likeness (QED) is 0.517. The predicted molar refractivity (Wildman–Crippen MR) is 124 cm³/mol. The number of hydrogen-bond acceptors (Lipinski definition) is 3. The summed E-state index contributed by atoms with van der Waals surface area (Å²) in [6, 6.07) is 10.7. The lowest BCUT2D eigenvalue weighted by Gasteiger charge is -2.33. The smallest absolute Gasteiger partial charge is 0.304 e. The normalized spacial score (nSPS) is 12.1. The van der Waals surface area contributed by atoms with E-state index in [9.17, 15) is 20.1 Å². The predicted octanol–water partition coefficient (Wildman–Crippen LogP) is 6.28. The SMILES string of the molecule is C=C.CC(C)(C)c1cc(C(C)(CC(=O)O)c2ccc(O)c(C(C)(C)C)c2)ccc1O. The lowest BCUT2D eigenvalue weighted by Crippen LogP contribution is -2.28. The highest BCUT2D eigenvalue weighted by atomic mass is 16.4. The molecule has 0 saturated heterocycles. The van der Waals surface area contributed by atoms with Crippen LogP contribution in [0.4, 0.5) is 0 Å². The molecule has 0 bridgehead atoms. The maximum atomic E-state index is 11.8. The van der Waals surface area contributed by atoms with E-state index in [-0.39, 0.29) is 28.7 Å². The van der Waals surface area contributed by atoms with Crippen LogP contribution in [0.25, 0.3) is 0 Å². The van der Waals surface area contributed by atoms with Crippen molar-refractivity contribution < 1.29 is 20.1 Å². The molecule has 4 heteroatoms. The van der Waals surface area contributed by atoms with Gasteiger partial charge in [0.25, 0.3) is 0 Å². The summed E-state index contributed by atoms with van der Waals surface area (Å²) < 4.78 is 0. The van der Waals surface area contributed by atoms with Crippen molar-refractivity contribution in [2.75, 3.05) is 0 Å². The van der Waals surface area contributed by atoms with Gasteiger partial charge in [0, 0.05) is 5.41 Å². The second kappa shape index (κ2) is 8.95. The van der Waals surface area contributed by atoms with Gasteiger partial charge in [-0.15, -0.1) is 13.2 Å². The molecule has 0 unspecified atom stereocenters. The molecule has 164 valence electrons. The van der Waals surface area contributed by atoms with E-state index in [1.165, 1.54) is 0 Å². The molecule has 0 atom stereocenters. The number of carbonyl (C=O) groups is 1. The maximum Gasteiger partial charge on any atom is 0.304 e. The number of rotatable bonds is 4. The van der Waals surface area contributed by atoms with Gasteiger partial charge in [-0.25, -0.2) is 0 Å². The van der Waals surface area contributed by atoms with Crippen molar-refractivity contribution in [2.24, 2.45) is 0 Å². The summed E-state index contributed by atoms with van der Waals surface area (Å²) in [6.07, 6.45) is -0.101. The number of phenolic OH excluding ortho intramolecular Hbond substituents is 2. The van der Waals surface area contributed by atoms with E-state index in [4.69, 9.17) is 0 Å². The first-order valence-corrected chi connectivity index (χ1v) is 10.1. The van der Waals surface area contributed by atoms with E-state index in [1.54, 1.807) is 24.3 Å². The number of phenols is 2. The van der Waals surface area contributed by atoms with Crippen LogP contribution in [0.15, 0.2) is 49.6 Å². The van der Waals surface area contributed by atoms with Gasteiger partial charge in [-0.1, -0.05) is 72.7 Å². The molecule has 0 heterocycles. The molecule has 0 aliphatic carbocycles. The lowest BCUT2D eigenvalue weighted by molar-refractivity contribution is -0.138. The number of aliphatic carboxylic acids is 1. The van der Waals surface area contributed by atoms with Gasteiger partial charge in [0.15, 0.2) is 0 Å². The molecule has 30 heavy (non-hydrogen) atoms. The Morgan fingerprint density at radius 1 is 0.767 bits per heavy atom. The zero-order valence-corrected chi connectivity index (χ0v) is 19.3. The molecule has 0 aliphatic heterocycles. The zero-order valence-electron chi connectivity index (χ0n) is 19.3. The van der Waals surface area contributed by atoms with Crippen LogP contribution in [0.1, 0.15) is 77.1 Å². The molecular weight excluding hydrogens is 376 g/mol. The largest absolute Gasteiger partial charge is 0.508 e. The van der Waals surface area contributed by atoms with Crippen LogP contribution in [-0.2, 0) is 21.0 Å². The van der Waals surface area contributed by atoms with Crippen molar-refractivity contribution in [3.05, 3.63) is 71.8 Å². The summed E-state index contributed by atoms with van der Waals surface area (Å²) in [5.41, 5.74) is 1.82. The van der Waals surface area contributed by atoms with Crippen molar-refractivity contribution in [1.29, 1.82) is 0 Å². The fourth-order valence-electron chi connectivity index (χ4n) is 3.63. The van der Waals surface area contributed by atoms with Crippen LogP contribution in [0, 0.1) is 0 Å². The monoisotopic (exact) mass is 412 g/mol. The second-order valence-corrected chi connectivity index (χ2v) is 9.87. The summed E-state index contributed by atoms with van der Waals surface area (Å²) >= 11 is 0. The highest BCUT2D eigenvalue weighted by Crippen LogP contribution is 2.42. The average molecular weight is 413 g/mol. The first-order chi connectivity index (χ1) is 13.7. The minimum atomic E-state index is -0.904. The third kappa shape index (κ3) is 5.44. The van der Waals surface area contributed by atoms with Gasteiger partial charge < -0.3 is 15.3 Å². The zero-order chi connectivity index (χ0) is 23.5. The molecule has 0 aromatic heterocycles. The number of hydrogen-bond donors (Lipinski definition) is 3. The Bertz CT molecular complexity index is 835. The molecular formula is C26H36O4. The van der Waals surface area contributed by atoms with E-state index < -0.39 is 11.4 Å². The van der Waals surface area contributed by atoms with Gasteiger partial charge in [0.05, 0.1) is 6.42 Å². The molecule has 2 rings (SSSR count). The molecule has 0 saturated carbocycles. The minimum absolute atomic E-state index is 0.101. The first kappa shape index (κ1) is 25.3. The lowest BCUT2D eigenvalue weighted by atomic mass is 9.70. The van der Waals surface area contributed by atoms with Crippen LogP contribution >= 0.6 is 0 Å². The van der Waals surface area contributed by atoms with Crippen LogP contribution in [-0.4, -0.2) is 21.3 Å². The molecule has 0 aliphatic rings. The van der Waals surface area contributed by atoms with Gasteiger partial charge in [0.2, 0.25) is 0 Å². The van der Waals surface area contributed by atoms with Crippen LogP contribution in [0.3, 0.4) is 0 Å². The van der Waals surface area contributed by atoms with Crippen molar-refractivity contribution in [2.45, 2.75) is 71.1 Å². The number of carboxylic acids is 1. The molecule has 0 radical (unpaired) electrons. The van der Waals surface area contributed by atoms with Crippen molar-refractivity contribution in [3.8, 4) is 11.5 Å². The van der Waals surface area contributed by atoms with Gasteiger partial charge in [-0.05, 0) is 45.2 Å². The molecule has 2 aromatic rings. The summed E-state index contributed by atoms with van der Waals surface area (Å²) in [5.74, 6) is -0.497. The number of aromatic hydroxyl groups is 2. The van der Waals surface area contributed by atoms with Crippen LogP contribution in [0.2, 0.25) is 0 Å². The molecule has 4 nitrogen and oxygen atoms in total. The summed E-state index contributed by atoms with van der Waals surface area (Å²) in [6.45, 7) is 20.0. The molecule has 0 spiro atoms. The summed E-state index contributed by atoms with van der Waals surface area (Å²) in [5, 5.41) is 30.3. The molecule has 3 N–H and O–H groups in total. The fraction of sp³-hybridized carbons (Fsp3) is 0.423. The first-order valence-electron chi connectivity index (χ1n) is 10.1. The van der Waals surface area contributed by atoms with Crippen molar-refractivity contribution in [1.82, 2.24) is 0 Å². The Kier molecular flexibility index (Phi) is 7.54. The van der Waals surface area contributed by atoms with Gasteiger partial charge in [0.1, 0.15) is 11.5 Å². The average Bonchev–Trinajstić information content (AvgIpc) is 2.61. The highest BCUT2D eigenvalue weighted by Gasteiger charge is 2.34. The fourth-order valence-corrected chi connectivity index (χ4v) is 3.63. The van der Waals surface area contributed by atoms with Crippen molar-refractivity contribution >= 4 is 5.97 Å². The van der Waals surface area contributed by atoms with Gasteiger partial charge >= 0.3 is 5.97 Å².